The summed E-state index contributed by atoms with van der Waals surface area (Å²) >= 11 is 0. The Morgan fingerprint density at radius 2 is 1.88 bits per heavy atom. The third kappa shape index (κ3) is 5.99. The summed E-state index contributed by atoms with van der Waals surface area (Å²) in [5, 5.41) is 6.11. The fraction of sp³-hybridized carbons (Fsp3) is 0.500. The monoisotopic (exact) mass is 469 g/mol. The molecule has 4 N–H and O–H groups in total. The van der Waals surface area contributed by atoms with Gasteiger partial charge in [-0.15, -0.1) is 0 Å². The molecule has 1 aliphatic heterocycles. The number of likely N-dealkylation sites (N-methyl/N-ethyl adjacent to an activating group) is 1. The van der Waals surface area contributed by atoms with Crippen molar-refractivity contribution in [3.63, 3.8) is 0 Å². The van der Waals surface area contributed by atoms with Gasteiger partial charge < -0.3 is 26.2 Å². The summed E-state index contributed by atoms with van der Waals surface area (Å²) < 4.78 is 14.3. The molecule has 2 aromatic rings. The van der Waals surface area contributed by atoms with Crippen molar-refractivity contribution in [2.45, 2.75) is 38.1 Å². The molecule has 1 saturated heterocycles. The van der Waals surface area contributed by atoms with Crippen molar-refractivity contribution in [2.75, 3.05) is 43.9 Å². The van der Waals surface area contributed by atoms with Gasteiger partial charge in [0.1, 0.15) is 0 Å². The Bertz CT molecular complexity index is 1010. The molecule has 10 heteroatoms. The molecule has 2 unspecified atom stereocenters. The van der Waals surface area contributed by atoms with Crippen LogP contribution in [0.2, 0.25) is 0 Å². The summed E-state index contributed by atoms with van der Waals surface area (Å²) in [4.78, 5) is 36.5. The van der Waals surface area contributed by atoms with Crippen LogP contribution in [0.1, 0.15) is 31.2 Å². The number of aryl methyl sites for hydroxylation is 1. The summed E-state index contributed by atoms with van der Waals surface area (Å²) in [6.45, 7) is 3.41. The molecule has 2 fully saturated rings. The van der Waals surface area contributed by atoms with Gasteiger partial charge in [0.15, 0.2) is 11.6 Å². The number of hydrogen-bond acceptors (Lipinski definition) is 7. The number of nitrogens with zero attached hydrogens (tertiary/aromatic N) is 4. The quantitative estimate of drug-likeness (QED) is 0.542. The molecule has 1 saturated carbocycles. The van der Waals surface area contributed by atoms with E-state index in [-0.39, 0.29) is 35.5 Å². The van der Waals surface area contributed by atoms with Crippen LogP contribution in [0.5, 0.6) is 0 Å². The first-order chi connectivity index (χ1) is 16.4. The minimum atomic E-state index is -0.582. The molecule has 0 spiro atoms. The van der Waals surface area contributed by atoms with Gasteiger partial charge in [0, 0.05) is 44.3 Å². The highest BCUT2D eigenvalue weighted by Gasteiger charge is 2.32. The highest BCUT2D eigenvalue weighted by molar-refractivity contribution is 5.78. The molecule has 1 aromatic carbocycles. The van der Waals surface area contributed by atoms with Crippen molar-refractivity contribution in [1.82, 2.24) is 19.8 Å². The number of anilines is 3. The Balaban J connectivity index is 1.32. The maximum absolute atomic E-state index is 14.3. The summed E-state index contributed by atoms with van der Waals surface area (Å²) in [7, 11) is 2.07. The van der Waals surface area contributed by atoms with Crippen molar-refractivity contribution < 1.29 is 14.0 Å². The van der Waals surface area contributed by atoms with Gasteiger partial charge in [0.05, 0.1) is 12.1 Å². The van der Waals surface area contributed by atoms with Crippen molar-refractivity contribution in [3.8, 4) is 0 Å². The van der Waals surface area contributed by atoms with Gasteiger partial charge in [-0.2, -0.15) is 4.98 Å². The molecule has 4 rings (SSSR count). The van der Waals surface area contributed by atoms with Crippen molar-refractivity contribution >= 4 is 29.3 Å². The lowest BCUT2D eigenvalue weighted by atomic mass is 10.0. The van der Waals surface area contributed by atoms with Crippen LogP contribution in [-0.4, -0.2) is 70.9 Å². The Kier molecular flexibility index (Phi) is 7.56. The molecule has 2 aliphatic rings. The smallest absolute Gasteiger partial charge is 0.229 e. The summed E-state index contributed by atoms with van der Waals surface area (Å²) in [6.07, 6.45) is 4.55. The van der Waals surface area contributed by atoms with Gasteiger partial charge in [-0.05, 0) is 44.0 Å². The van der Waals surface area contributed by atoms with Crippen molar-refractivity contribution in [2.24, 2.45) is 11.7 Å². The summed E-state index contributed by atoms with van der Waals surface area (Å²) in [5.41, 5.74) is 7.28. The third-order valence-electron chi connectivity index (χ3n) is 6.64. The number of carbonyl (C=O) groups excluding carboxylic acids is 2. The van der Waals surface area contributed by atoms with E-state index in [1.165, 1.54) is 0 Å². The second kappa shape index (κ2) is 10.8. The normalized spacial score (nSPS) is 20.8. The van der Waals surface area contributed by atoms with Crippen molar-refractivity contribution in [3.05, 3.63) is 41.8 Å². The lowest BCUT2D eigenvalue weighted by Crippen LogP contribution is -2.47. The fourth-order valence-corrected chi connectivity index (χ4v) is 4.53. The third-order valence-corrected chi connectivity index (χ3v) is 6.64. The molecular weight excluding hydrogens is 437 g/mol. The number of nitrogens with two attached hydrogens (primary N) is 1. The molecular formula is C24H32FN7O2. The molecule has 34 heavy (non-hydrogen) atoms. The standard InChI is InChI=1S/C24H32FN7O2/c1-31-11-13-32(14-12-31)21(33)10-7-16-5-8-17(9-6-16)28-24-27-15-19(25)23(30-24)29-20-4-2-3-18(20)22(26)34/h5-6,8-9,15,18,20H,2-4,7,10-14H2,1H3,(H2,26,34)(H2,27,28,29,30). The average molecular weight is 470 g/mol. The van der Waals surface area contributed by atoms with Gasteiger partial charge in [-0.3, -0.25) is 9.59 Å². The number of hydrogen-bond donors (Lipinski definition) is 3. The van der Waals surface area contributed by atoms with Crippen LogP contribution in [0.25, 0.3) is 0 Å². The first-order valence-electron chi connectivity index (χ1n) is 11.8. The predicted molar refractivity (Wildman–Crippen MR) is 128 cm³/mol. The second-order valence-corrected chi connectivity index (χ2v) is 9.09. The van der Waals surface area contributed by atoms with E-state index >= 15 is 0 Å². The first-order valence-corrected chi connectivity index (χ1v) is 11.8. The molecule has 2 heterocycles. The Hall–Kier alpha value is -3.27. The SMILES string of the molecule is CN1CCN(C(=O)CCc2ccc(Nc3ncc(F)c(NC4CCCC4C(N)=O)n3)cc2)CC1. The number of piperazine rings is 1. The zero-order valence-electron chi connectivity index (χ0n) is 19.5. The minimum absolute atomic E-state index is 0.0506. The van der Waals surface area contributed by atoms with Crippen LogP contribution >= 0.6 is 0 Å². The largest absolute Gasteiger partial charge is 0.369 e. The van der Waals surface area contributed by atoms with Crippen LogP contribution in [0.15, 0.2) is 30.5 Å². The predicted octanol–water partition coefficient (Wildman–Crippen LogP) is 2.13. The number of amides is 2. The summed E-state index contributed by atoms with van der Waals surface area (Å²) in [5.74, 6) is -0.809. The number of rotatable bonds is 8. The highest BCUT2D eigenvalue weighted by atomic mass is 19.1. The lowest BCUT2D eigenvalue weighted by Gasteiger charge is -2.32. The van der Waals surface area contributed by atoms with E-state index in [4.69, 9.17) is 5.73 Å². The molecule has 1 aliphatic carbocycles. The van der Waals surface area contributed by atoms with Crippen LogP contribution in [0.4, 0.5) is 21.8 Å². The minimum Gasteiger partial charge on any atom is -0.369 e. The molecule has 2 atom stereocenters. The van der Waals surface area contributed by atoms with Crippen molar-refractivity contribution in [1.29, 1.82) is 0 Å². The van der Waals surface area contributed by atoms with E-state index in [1.54, 1.807) is 0 Å². The Morgan fingerprint density at radius 3 is 2.59 bits per heavy atom. The zero-order chi connectivity index (χ0) is 24.1. The Labute approximate surface area is 198 Å². The molecule has 0 radical (unpaired) electrons. The van der Waals surface area contributed by atoms with Gasteiger partial charge >= 0.3 is 0 Å². The number of halogens is 1. The number of primary amides is 1. The summed E-state index contributed by atoms with van der Waals surface area (Å²) in [6, 6.07) is 7.45. The average Bonchev–Trinajstić information content (AvgIpc) is 3.30. The van der Waals surface area contributed by atoms with Crippen LogP contribution in [0, 0.1) is 11.7 Å². The van der Waals surface area contributed by atoms with Crippen LogP contribution in [-0.2, 0) is 16.0 Å². The van der Waals surface area contributed by atoms with E-state index in [0.717, 1.165) is 56.5 Å². The topological polar surface area (TPSA) is 116 Å². The van der Waals surface area contributed by atoms with Crippen LogP contribution in [0.3, 0.4) is 0 Å². The highest BCUT2D eigenvalue weighted by Crippen LogP contribution is 2.29. The number of nitrogens with one attached hydrogen (secondary N) is 2. The van der Waals surface area contributed by atoms with E-state index in [0.29, 0.717) is 19.3 Å². The number of aromatic nitrogens is 2. The van der Waals surface area contributed by atoms with Gasteiger partial charge in [-0.1, -0.05) is 18.6 Å². The molecule has 9 nitrogen and oxygen atoms in total. The molecule has 1 aromatic heterocycles. The van der Waals surface area contributed by atoms with E-state index in [9.17, 15) is 14.0 Å². The second-order valence-electron chi connectivity index (χ2n) is 9.09. The van der Waals surface area contributed by atoms with Gasteiger partial charge in [0.25, 0.3) is 0 Å². The molecule has 0 bridgehead atoms. The first kappa shape index (κ1) is 23.9. The van der Waals surface area contributed by atoms with E-state index < -0.39 is 5.82 Å². The number of carbonyl (C=O) groups is 2. The van der Waals surface area contributed by atoms with Gasteiger partial charge in [0.2, 0.25) is 17.8 Å². The maximum Gasteiger partial charge on any atom is 0.229 e. The van der Waals surface area contributed by atoms with Crippen LogP contribution < -0.4 is 16.4 Å². The molecule has 2 amide bonds. The lowest BCUT2D eigenvalue weighted by molar-refractivity contribution is -0.132. The molecule has 182 valence electrons. The van der Waals surface area contributed by atoms with E-state index in [1.807, 2.05) is 29.2 Å². The Morgan fingerprint density at radius 1 is 1.15 bits per heavy atom. The number of benzene rings is 1. The fourth-order valence-electron chi connectivity index (χ4n) is 4.53. The maximum atomic E-state index is 14.3. The van der Waals surface area contributed by atoms with E-state index in [2.05, 4.69) is 32.5 Å². The van der Waals surface area contributed by atoms with Gasteiger partial charge in [-0.25, -0.2) is 9.37 Å². The zero-order valence-corrected chi connectivity index (χ0v) is 19.5.